The van der Waals surface area contributed by atoms with E-state index in [4.69, 9.17) is 9.47 Å². The molecule has 0 bridgehead atoms. The van der Waals surface area contributed by atoms with Gasteiger partial charge in [-0.1, -0.05) is 12.1 Å². The molecular formula is C15H12BrN3O4. The van der Waals surface area contributed by atoms with Crippen LogP contribution in [0.1, 0.15) is 10.4 Å². The van der Waals surface area contributed by atoms with E-state index in [0.29, 0.717) is 21.5 Å². The third-order valence-corrected chi connectivity index (χ3v) is 3.50. The molecule has 0 saturated heterocycles. The molecule has 0 spiro atoms. The van der Waals surface area contributed by atoms with Crippen molar-refractivity contribution in [2.45, 2.75) is 6.10 Å². The average molecular weight is 378 g/mol. The third-order valence-electron chi connectivity index (χ3n) is 3.07. The zero-order valence-electron chi connectivity index (χ0n) is 11.8. The number of rotatable bonds is 2. The molecule has 23 heavy (non-hydrogen) atoms. The van der Waals surface area contributed by atoms with Crippen LogP contribution in [0.3, 0.4) is 0 Å². The van der Waals surface area contributed by atoms with Gasteiger partial charge in [0, 0.05) is 16.9 Å². The Bertz CT molecular complexity index is 753. The van der Waals surface area contributed by atoms with E-state index in [1.807, 2.05) is 6.07 Å². The lowest BCUT2D eigenvalue weighted by molar-refractivity contribution is -0.131. The van der Waals surface area contributed by atoms with Gasteiger partial charge in [-0.2, -0.15) is 0 Å². The van der Waals surface area contributed by atoms with E-state index in [1.165, 1.54) is 6.20 Å². The second kappa shape index (κ2) is 6.66. The number of amides is 2. The highest BCUT2D eigenvalue weighted by Crippen LogP contribution is 2.30. The number of hydrogen-bond donors (Lipinski definition) is 2. The van der Waals surface area contributed by atoms with Gasteiger partial charge in [0.25, 0.3) is 11.8 Å². The number of aromatic nitrogens is 1. The molecule has 7 nitrogen and oxygen atoms in total. The number of para-hydroxylation sites is 2. The lowest BCUT2D eigenvalue weighted by Crippen LogP contribution is -2.50. The Kier molecular flexibility index (Phi) is 4.42. The maximum Gasteiger partial charge on any atom is 0.283 e. The first-order chi connectivity index (χ1) is 11.1. The minimum atomic E-state index is -0.842. The summed E-state index contributed by atoms with van der Waals surface area (Å²) in [6.45, 7) is 0.0666. The third kappa shape index (κ3) is 3.59. The Morgan fingerprint density at radius 1 is 1.17 bits per heavy atom. The van der Waals surface area contributed by atoms with Crippen LogP contribution in [0.25, 0.3) is 0 Å². The smallest absolute Gasteiger partial charge is 0.283 e. The molecule has 2 N–H and O–H groups in total. The van der Waals surface area contributed by atoms with E-state index in [1.54, 1.807) is 30.5 Å². The van der Waals surface area contributed by atoms with Gasteiger partial charge in [0.1, 0.15) is 6.61 Å². The van der Waals surface area contributed by atoms with Crippen LogP contribution < -0.4 is 20.3 Å². The zero-order chi connectivity index (χ0) is 16.2. The summed E-state index contributed by atoms with van der Waals surface area (Å²) in [4.78, 5) is 27.9. The van der Waals surface area contributed by atoms with Gasteiger partial charge in [0.05, 0.1) is 5.56 Å². The number of nitrogens with zero attached hydrogens (tertiary/aromatic N) is 1. The van der Waals surface area contributed by atoms with Gasteiger partial charge in [-0.05, 0) is 34.1 Å². The fraction of sp³-hybridized carbons (Fsp3) is 0.133. The molecule has 0 aliphatic carbocycles. The van der Waals surface area contributed by atoms with Gasteiger partial charge in [-0.25, -0.2) is 0 Å². The summed E-state index contributed by atoms with van der Waals surface area (Å²) in [5.74, 6) is 0.0855. The Morgan fingerprint density at radius 3 is 2.74 bits per heavy atom. The molecule has 1 aromatic carbocycles. The molecule has 1 aliphatic heterocycles. The minimum absolute atomic E-state index is 0.0666. The Morgan fingerprint density at radius 2 is 1.96 bits per heavy atom. The fourth-order valence-electron chi connectivity index (χ4n) is 1.96. The highest BCUT2D eigenvalue weighted by atomic mass is 79.9. The number of benzene rings is 1. The molecule has 3 rings (SSSR count). The van der Waals surface area contributed by atoms with Crippen LogP contribution in [0.5, 0.6) is 11.5 Å². The number of pyridine rings is 1. The normalized spacial score (nSPS) is 15.6. The van der Waals surface area contributed by atoms with Crippen LogP contribution >= 0.6 is 15.9 Å². The Labute approximate surface area is 140 Å². The molecule has 2 heterocycles. The van der Waals surface area contributed by atoms with Crippen molar-refractivity contribution in [1.29, 1.82) is 0 Å². The molecule has 1 aliphatic rings. The van der Waals surface area contributed by atoms with Crippen molar-refractivity contribution in [1.82, 2.24) is 15.8 Å². The predicted molar refractivity (Wildman–Crippen MR) is 83.9 cm³/mol. The van der Waals surface area contributed by atoms with Gasteiger partial charge in [-0.3, -0.25) is 25.4 Å². The molecule has 2 aromatic rings. The van der Waals surface area contributed by atoms with Crippen LogP contribution in [0.2, 0.25) is 0 Å². The fourth-order valence-corrected chi connectivity index (χ4v) is 2.32. The Hall–Kier alpha value is -2.61. The second-order valence-electron chi connectivity index (χ2n) is 4.70. The molecule has 1 atom stereocenters. The van der Waals surface area contributed by atoms with Gasteiger partial charge >= 0.3 is 0 Å². The van der Waals surface area contributed by atoms with Gasteiger partial charge in [0.15, 0.2) is 11.5 Å². The summed E-state index contributed by atoms with van der Waals surface area (Å²) >= 11 is 3.22. The van der Waals surface area contributed by atoms with Gasteiger partial charge in [-0.15, -0.1) is 0 Å². The highest BCUT2D eigenvalue weighted by Gasteiger charge is 2.27. The molecule has 118 valence electrons. The summed E-state index contributed by atoms with van der Waals surface area (Å²) in [6, 6.07) is 8.65. The number of fused-ring (bicyclic) bond motifs is 1. The maximum atomic E-state index is 12.1. The van der Waals surface area contributed by atoms with Crippen LogP contribution in [-0.4, -0.2) is 29.5 Å². The van der Waals surface area contributed by atoms with Gasteiger partial charge in [0.2, 0.25) is 6.10 Å². The number of nitrogens with one attached hydrogen (secondary N) is 2. The van der Waals surface area contributed by atoms with E-state index in [9.17, 15) is 9.59 Å². The largest absolute Gasteiger partial charge is 0.485 e. The van der Waals surface area contributed by atoms with Crippen molar-refractivity contribution >= 4 is 27.7 Å². The molecule has 8 heteroatoms. The number of ether oxygens (including phenoxy) is 2. The maximum absolute atomic E-state index is 12.1. The summed E-state index contributed by atoms with van der Waals surface area (Å²) in [7, 11) is 0. The Balaban J connectivity index is 1.57. The molecule has 2 amide bonds. The van der Waals surface area contributed by atoms with Crippen LogP contribution in [0, 0.1) is 0 Å². The van der Waals surface area contributed by atoms with Crippen molar-refractivity contribution in [3.63, 3.8) is 0 Å². The van der Waals surface area contributed by atoms with E-state index in [0.717, 1.165) is 0 Å². The quantitative estimate of drug-likeness (QED) is 0.773. The topological polar surface area (TPSA) is 89.6 Å². The molecule has 0 radical (unpaired) electrons. The van der Waals surface area contributed by atoms with Crippen molar-refractivity contribution in [3.05, 3.63) is 52.8 Å². The summed E-state index contributed by atoms with van der Waals surface area (Å²) in [5.41, 5.74) is 4.94. The first-order valence-corrected chi connectivity index (χ1v) is 7.52. The first kappa shape index (κ1) is 15.3. The van der Waals surface area contributed by atoms with E-state index >= 15 is 0 Å². The SMILES string of the molecule is O=C(NNC(=O)[C@H]1COc2ccccc2O1)c1cncc(Br)c1. The van der Waals surface area contributed by atoms with Crippen LogP contribution in [0.15, 0.2) is 47.2 Å². The molecule has 0 saturated carbocycles. The van der Waals surface area contributed by atoms with Crippen molar-refractivity contribution in [3.8, 4) is 11.5 Å². The highest BCUT2D eigenvalue weighted by molar-refractivity contribution is 9.10. The second-order valence-corrected chi connectivity index (χ2v) is 5.62. The van der Waals surface area contributed by atoms with Crippen LogP contribution in [-0.2, 0) is 4.79 Å². The average Bonchev–Trinajstić information content (AvgIpc) is 2.59. The zero-order valence-corrected chi connectivity index (χ0v) is 13.4. The number of carbonyl (C=O) groups is 2. The van der Waals surface area contributed by atoms with E-state index < -0.39 is 17.9 Å². The van der Waals surface area contributed by atoms with Gasteiger partial charge < -0.3 is 9.47 Å². The van der Waals surface area contributed by atoms with Crippen LogP contribution in [0.4, 0.5) is 0 Å². The lowest BCUT2D eigenvalue weighted by Gasteiger charge is -2.25. The number of halogens is 1. The number of hydrogen-bond acceptors (Lipinski definition) is 5. The summed E-state index contributed by atoms with van der Waals surface area (Å²) in [5, 5.41) is 0. The predicted octanol–water partition coefficient (Wildman–Crippen LogP) is 1.45. The van der Waals surface area contributed by atoms with Crippen molar-refractivity contribution in [2.24, 2.45) is 0 Å². The monoisotopic (exact) mass is 377 g/mol. The molecule has 1 aromatic heterocycles. The van der Waals surface area contributed by atoms with Crippen molar-refractivity contribution in [2.75, 3.05) is 6.61 Å². The minimum Gasteiger partial charge on any atom is -0.485 e. The molecular weight excluding hydrogens is 366 g/mol. The first-order valence-electron chi connectivity index (χ1n) is 6.73. The standard InChI is InChI=1S/C15H12BrN3O4/c16-10-5-9(6-17-7-10)14(20)18-19-15(21)13-8-22-11-3-1-2-4-12(11)23-13/h1-7,13H,8H2,(H,18,20)(H,19,21)/t13-/m1/s1. The number of hydrazine groups is 1. The molecule has 0 fully saturated rings. The molecule has 0 unspecified atom stereocenters. The van der Waals surface area contributed by atoms with E-state index in [-0.39, 0.29) is 6.61 Å². The van der Waals surface area contributed by atoms with Crippen molar-refractivity contribution < 1.29 is 19.1 Å². The van der Waals surface area contributed by atoms with E-state index in [2.05, 4.69) is 31.8 Å². The lowest BCUT2D eigenvalue weighted by atomic mass is 10.2. The summed E-state index contributed by atoms with van der Waals surface area (Å²) < 4.78 is 11.7. The summed E-state index contributed by atoms with van der Waals surface area (Å²) in [6.07, 6.45) is 2.11. The number of carbonyl (C=O) groups excluding carboxylic acids is 2.